The molecule has 0 spiro atoms. The van der Waals surface area contributed by atoms with E-state index in [1.165, 1.54) is 32.1 Å². The van der Waals surface area contributed by atoms with E-state index in [9.17, 15) is 5.11 Å². The Labute approximate surface area is 110 Å². The van der Waals surface area contributed by atoms with Crippen molar-refractivity contribution in [3.63, 3.8) is 0 Å². The Morgan fingerprint density at radius 3 is 2.61 bits per heavy atom. The number of rotatable bonds is 0. The van der Waals surface area contributed by atoms with Crippen LogP contribution in [0.3, 0.4) is 0 Å². The Bertz CT molecular complexity index is 364. The molecule has 0 amide bonds. The number of aliphatic hydroxyl groups excluding tert-OH is 1. The molecule has 0 radical (unpaired) electrons. The van der Waals surface area contributed by atoms with Gasteiger partial charge >= 0.3 is 0 Å². The van der Waals surface area contributed by atoms with Crippen molar-refractivity contribution in [2.24, 2.45) is 5.92 Å². The number of nitrogens with zero attached hydrogens (tertiary/aromatic N) is 1. The lowest BCUT2D eigenvalue weighted by Gasteiger charge is -2.12. The van der Waals surface area contributed by atoms with Crippen molar-refractivity contribution in [2.45, 2.75) is 64.4 Å². The van der Waals surface area contributed by atoms with Crippen LogP contribution in [0.15, 0.2) is 18.2 Å². The van der Waals surface area contributed by atoms with Crippen LogP contribution in [-0.2, 0) is 6.42 Å². The van der Waals surface area contributed by atoms with Gasteiger partial charge in [-0.1, -0.05) is 51.5 Å². The molecule has 2 atom stereocenters. The van der Waals surface area contributed by atoms with Crippen LogP contribution in [-0.4, -0.2) is 10.1 Å². The fraction of sp³-hybridized carbons (Fsp3) is 0.688. The number of pyridine rings is 1. The van der Waals surface area contributed by atoms with Crippen LogP contribution >= 0.6 is 0 Å². The monoisotopic (exact) mass is 247 g/mol. The average Bonchev–Trinajstić information content (AvgIpc) is 2.37. The lowest BCUT2D eigenvalue weighted by atomic mass is 9.97. The molecule has 2 unspecified atom stereocenters. The van der Waals surface area contributed by atoms with Crippen LogP contribution in [0.25, 0.3) is 0 Å². The summed E-state index contributed by atoms with van der Waals surface area (Å²) in [5.74, 6) is 0.700. The van der Waals surface area contributed by atoms with Crippen LogP contribution in [0.4, 0.5) is 0 Å². The maximum atomic E-state index is 10.1. The van der Waals surface area contributed by atoms with Crippen molar-refractivity contribution in [1.29, 1.82) is 0 Å². The number of hydrogen-bond donors (Lipinski definition) is 1. The second kappa shape index (κ2) is 6.89. The summed E-state index contributed by atoms with van der Waals surface area (Å²) in [6.45, 7) is 2.31. The molecule has 2 rings (SSSR count). The van der Waals surface area contributed by atoms with Gasteiger partial charge in [0.25, 0.3) is 0 Å². The molecule has 1 aromatic rings. The average molecular weight is 247 g/mol. The molecule has 1 aliphatic heterocycles. The zero-order valence-corrected chi connectivity index (χ0v) is 11.4. The van der Waals surface area contributed by atoms with Gasteiger partial charge < -0.3 is 5.11 Å². The highest BCUT2D eigenvalue weighted by Gasteiger charge is 2.12. The molecular weight excluding hydrogens is 222 g/mol. The molecule has 0 saturated heterocycles. The Balaban J connectivity index is 2.09. The highest BCUT2D eigenvalue weighted by molar-refractivity contribution is 5.13. The standard InChI is InChI=1S/C16H25NO/c1-13-8-5-3-2-4-6-11-16(18)15-10-7-9-14(12-13)17-15/h7,9-10,13,16,18H,2-6,8,11-12H2,1H3. The van der Waals surface area contributed by atoms with Crippen LogP contribution < -0.4 is 0 Å². The zero-order chi connectivity index (χ0) is 12.8. The first kappa shape index (κ1) is 13.5. The molecule has 2 nitrogen and oxygen atoms in total. The third-order valence-corrected chi connectivity index (χ3v) is 3.90. The molecular formula is C16H25NO. The van der Waals surface area contributed by atoms with Crippen molar-refractivity contribution in [1.82, 2.24) is 4.98 Å². The number of fused-ring (bicyclic) bond motifs is 2. The minimum Gasteiger partial charge on any atom is -0.387 e. The Kier molecular flexibility index (Phi) is 5.18. The lowest BCUT2D eigenvalue weighted by Crippen LogP contribution is -2.05. The summed E-state index contributed by atoms with van der Waals surface area (Å²) in [6.07, 6.45) is 9.16. The summed E-state index contributed by atoms with van der Waals surface area (Å²) in [4.78, 5) is 4.62. The van der Waals surface area contributed by atoms with E-state index in [1.54, 1.807) is 0 Å². The normalized spacial score (nSPS) is 26.8. The molecule has 0 aromatic carbocycles. The molecule has 1 aromatic heterocycles. The van der Waals surface area contributed by atoms with Gasteiger partial charge in [-0.25, -0.2) is 0 Å². The molecule has 18 heavy (non-hydrogen) atoms. The van der Waals surface area contributed by atoms with E-state index in [4.69, 9.17) is 0 Å². The van der Waals surface area contributed by atoms with Gasteiger partial charge in [0.15, 0.2) is 0 Å². The Morgan fingerprint density at radius 1 is 1.06 bits per heavy atom. The van der Waals surface area contributed by atoms with Gasteiger partial charge in [0.1, 0.15) is 0 Å². The third kappa shape index (κ3) is 4.09. The first-order valence-corrected chi connectivity index (χ1v) is 7.39. The third-order valence-electron chi connectivity index (χ3n) is 3.90. The maximum Gasteiger partial charge on any atom is 0.0959 e. The first-order valence-electron chi connectivity index (χ1n) is 7.39. The van der Waals surface area contributed by atoms with Crippen molar-refractivity contribution in [3.05, 3.63) is 29.6 Å². The summed E-state index contributed by atoms with van der Waals surface area (Å²) >= 11 is 0. The van der Waals surface area contributed by atoms with E-state index in [2.05, 4.69) is 18.0 Å². The quantitative estimate of drug-likeness (QED) is 0.750. The van der Waals surface area contributed by atoms with Gasteiger partial charge in [0, 0.05) is 5.69 Å². The van der Waals surface area contributed by atoms with Crippen molar-refractivity contribution >= 4 is 0 Å². The second-order valence-corrected chi connectivity index (χ2v) is 5.72. The minimum absolute atomic E-state index is 0.374. The van der Waals surface area contributed by atoms with E-state index in [0.29, 0.717) is 5.92 Å². The molecule has 1 aliphatic rings. The van der Waals surface area contributed by atoms with Crippen molar-refractivity contribution < 1.29 is 5.11 Å². The summed E-state index contributed by atoms with van der Waals surface area (Å²) in [5.41, 5.74) is 2.00. The molecule has 0 saturated carbocycles. The molecule has 2 heterocycles. The number of aromatic nitrogens is 1. The van der Waals surface area contributed by atoms with Crippen LogP contribution in [0.1, 0.15) is 69.4 Å². The summed E-state index contributed by atoms with van der Waals surface area (Å²) in [7, 11) is 0. The zero-order valence-electron chi connectivity index (χ0n) is 11.4. The molecule has 2 heteroatoms. The van der Waals surface area contributed by atoms with Gasteiger partial charge in [-0.05, 0) is 30.9 Å². The molecule has 100 valence electrons. The fourth-order valence-corrected chi connectivity index (χ4v) is 2.77. The predicted molar refractivity (Wildman–Crippen MR) is 74.4 cm³/mol. The second-order valence-electron chi connectivity index (χ2n) is 5.72. The summed E-state index contributed by atoms with van der Waals surface area (Å²) in [6, 6.07) is 6.08. The Morgan fingerprint density at radius 2 is 1.78 bits per heavy atom. The lowest BCUT2D eigenvalue weighted by molar-refractivity contribution is 0.158. The van der Waals surface area contributed by atoms with Crippen LogP contribution in [0.5, 0.6) is 0 Å². The predicted octanol–water partition coefficient (Wildman–Crippen LogP) is 4.04. The van der Waals surface area contributed by atoms with Crippen molar-refractivity contribution in [3.8, 4) is 0 Å². The van der Waals surface area contributed by atoms with Gasteiger partial charge in [0.2, 0.25) is 0 Å². The maximum absolute atomic E-state index is 10.1. The molecule has 2 bridgehead atoms. The first-order chi connectivity index (χ1) is 8.75. The minimum atomic E-state index is -0.374. The van der Waals surface area contributed by atoms with Gasteiger partial charge in [0.05, 0.1) is 11.8 Å². The smallest absolute Gasteiger partial charge is 0.0959 e. The molecule has 0 fully saturated rings. The Hall–Kier alpha value is -0.890. The van der Waals surface area contributed by atoms with Gasteiger partial charge in [-0.3, -0.25) is 4.98 Å². The van der Waals surface area contributed by atoms with Crippen LogP contribution in [0.2, 0.25) is 0 Å². The van der Waals surface area contributed by atoms with Crippen LogP contribution in [0, 0.1) is 5.92 Å². The largest absolute Gasteiger partial charge is 0.387 e. The summed E-state index contributed by atoms with van der Waals surface area (Å²) in [5, 5.41) is 10.1. The van der Waals surface area contributed by atoms with Gasteiger partial charge in [-0.15, -0.1) is 0 Å². The van der Waals surface area contributed by atoms with E-state index in [-0.39, 0.29) is 6.10 Å². The number of hydrogen-bond acceptors (Lipinski definition) is 2. The fourth-order valence-electron chi connectivity index (χ4n) is 2.77. The topological polar surface area (TPSA) is 33.1 Å². The van der Waals surface area contributed by atoms with E-state index >= 15 is 0 Å². The highest BCUT2D eigenvalue weighted by Crippen LogP contribution is 2.22. The molecule has 0 aliphatic carbocycles. The van der Waals surface area contributed by atoms with E-state index < -0.39 is 0 Å². The van der Waals surface area contributed by atoms with E-state index in [1.807, 2.05) is 12.1 Å². The van der Waals surface area contributed by atoms with Gasteiger partial charge in [-0.2, -0.15) is 0 Å². The SMILES string of the molecule is CC1CCCCCCCC(O)c2cccc(n2)C1. The van der Waals surface area contributed by atoms with Crippen molar-refractivity contribution in [2.75, 3.05) is 0 Å². The number of aliphatic hydroxyl groups is 1. The molecule has 1 N–H and O–H groups in total. The summed E-state index contributed by atoms with van der Waals surface area (Å²) < 4.78 is 0. The van der Waals surface area contributed by atoms with E-state index in [0.717, 1.165) is 30.7 Å². The highest BCUT2D eigenvalue weighted by atomic mass is 16.3.